The van der Waals surface area contributed by atoms with Gasteiger partial charge >= 0.3 is 0 Å². The van der Waals surface area contributed by atoms with Crippen molar-refractivity contribution in [1.29, 1.82) is 0 Å². The van der Waals surface area contributed by atoms with Crippen LogP contribution < -0.4 is 9.62 Å². The molecule has 8 heteroatoms. The summed E-state index contributed by atoms with van der Waals surface area (Å²) in [5.74, 6) is -0.424. The van der Waals surface area contributed by atoms with Crippen LogP contribution in [0.25, 0.3) is 0 Å². The van der Waals surface area contributed by atoms with E-state index in [0.717, 1.165) is 16.1 Å². The number of nitrogens with zero attached hydrogens (tertiary/aromatic N) is 1. The molecule has 146 valence electrons. The van der Waals surface area contributed by atoms with Crippen molar-refractivity contribution in [1.82, 2.24) is 5.32 Å². The quantitative estimate of drug-likeness (QED) is 0.709. The van der Waals surface area contributed by atoms with Gasteiger partial charge < -0.3 is 5.32 Å². The molecule has 0 bridgehead atoms. The predicted molar refractivity (Wildman–Crippen MR) is 111 cm³/mol. The molecule has 5 nitrogen and oxygen atoms in total. The summed E-state index contributed by atoms with van der Waals surface area (Å²) in [7, 11) is -3.78. The fraction of sp³-hybridized carbons (Fsp3) is 0.316. The SMILES string of the molecule is CCC(NC(=O)C(C)N(c1cc(Cl)ccc1Cl)S(C)(=O)=O)c1ccccc1. The molecule has 2 atom stereocenters. The summed E-state index contributed by atoms with van der Waals surface area (Å²) in [5.41, 5.74) is 1.12. The summed E-state index contributed by atoms with van der Waals surface area (Å²) in [5, 5.41) is 3.44. The smallest absolute Gasteiger partial charge is 0.244 e. The van der Waals surface area contributed by atoms with Gasteiger partial charge in [0.15, 0.2) is 0 Å². The van der Waals surface area contributed by atoms with Crippen LogP contribution in [0.2, 0.25) is 10.0 Å². The highest BCUT2D eigenvalue weighted by molar-refractivity contribution is 7.92. The number of amides is 1. The number of nitrogens with one attached hydrogen (secondary N) is 1. The molecule has 0 fully saturated rings. The first-order valence-electron chi connectivity index (χ1n) is 8.45. The predicted octanol–water partition coefficient (Wildman–Crippen LogP) is 4.42. The molecule has 0 saturated carbocycles. The summed E-state index contributed by atoms with van der Waals surface area (Å²) in [6.07, 6.45) is 1.70. The second-order valence-corrected chi connectivity index (χ2v) is 8.91. The number of sulfonamides is 1. The van der Waals surface area contributed by atoms with Gasteiger partial charge in [-0.3, -0.25) is 9.10 Å². The zero-order chi connectivity index (χ0) is 20.2. The number of carbonyl (C=O) groups is 1. The monoisotopic (exact) mass is 428 g/mol. The van der Waals surface area contributed by atoms with Gasteiger partial charge in [0.25, 0.3) is 0 Å². The lowest BCUT2D eigenvalue weighted by Gasteiger charge is -2.30. The van der Waals surface area contributed by atoms with Gasteiger partial charge in [-0.15, -0.1) is 0 Å². The lowest BCUT2D eigenvalue weighted by molar-refractivity contribution is -0.122. The molecule has 0 saturated heterocycles. The number of benzene rings is 2. The zero-order valence-electron chi connectivity index (χ0n) is 15.3. The Morgan fingerprint density at radius 2 is 1.78 bits per heavy atom. The van der Waals surface area contributed by atoms with Gasteiger partial charge in [-0.05, 0) is 37.1 Å². The largest absolute Gasteiger partial charge is 0.347 e. The number of rotatable bonds is 7. The van der Waals surface area contributed by atoms with Gasteiger partial charge in [0.05, 0.1) is 23.0 Å². The van der Waals surface area contributed by atoms with Crippen molar-refractivity contribution >= 4 is 44.8 Å². The highest BCUT2D eigenvalue weighted by atomic mass is 35.5. The molecule has 0 aliphatic rings. The van der Waals surface area contributed by atoms with Crippen molar-refractivity contribution in [2.24, 2.45) is 0 Å². The summed E-state index contributed by atoms with van der Waals surface area (Å²) in [6, 6.07) is 12.8. The molecule has 0 heterocycles. The lowest BCUT2D eigenvalue weighted by Crippen LogP contribution is -2.48. The van der Waals surface area contributed by atoms with E-state index in [9.17, 15) is 13.2 Å². The van der Waals surface area contributed by atoms with E-state index in [1.54, 1.807) is 6.07 Å². The summed E-state index contributed by atoms with van der Waals surface area (Å²) >= 11 is 12.2. The van der Waals surface area contributed by atoms with Gasteiger partial charge in [-0.25, -0.2) is 8.42 Å². The van der Waals surface area contributed by atoms with E-state index in [2.05, 4.69) is 5.32 Å². The highest BCUT2D eigenvalue weighted by Crippen LogP contribution is 2.32. The van der Waals surface area contributed by atoms with Crippen LogP contribution in [-0.4, -0.2) is 26.6 Å². The van der Waals surface area contributed by atoms with E-state index in [-0.39, 0.29) is 16.8 Å². The third-order valence-electron chi connectivity index (χ3n) is 4.16. The minimum atomic E-state index is -3.78. The average molecular weight is 429 g/mol. The number of hydrogen-bond acceptors (Lipinski definition) is 3. The van der Waals surface area contributed by atoms with E-state index >= 15 is 0 Å². The molecule has 0 spiro atoms. The summed E-state index contributed by atoms with van der Waals surface area (Å²) < 4.78 is 25.8. The molecule has 2 unspecified atom stereocenters. The number of hydrogen-bond donors (Lipinski definition) is 1. The molecular formula is C19H22Cl2N2O3S. The Balaban J connectivity index is 2.34. The Hall–Kier alpha value is -1.76. The van der Waals surface area contributed by atoms with Crippen molar-refractivity contribution < 1.29 is 13.2 Å². The van der Waals surface area contributed by atoms with Crippen LogP contribution >= 0.6 is 23.2 Å². The second-order valence-electron chi connectivity index (χ2n) is 6.21. The molecule has 0 radical (unpaired) electrons. The lowest BCUT2D eigenvalue weighted by atomic mass is 10.0. The normalized spacial score (nSPS) is 13.7. The maximum absolute atomic E-state index is 12.9. The number of anilines is 1. The second kappa shape index (κ2) is 8.95. The first-order chi connectivity index (χ1) is 12.6. The zero-order valence-corrected chi connectivity index (χ0v) is 17.6. The third kappa shape index (κ3) is 5.37. The van der Waals surface area contributed by atoms with Crippen molar-refractivity contribution in [2.75, 3.05) is 10.6 Å². The number of halogens is 2. The average Bonchev–Trinajstić information content (AvgIpc) is 2.62. The van der Waals surface area contributed by atoms with Gasteiger partial charge in [-0.2, -0.15) is 0 Å². The van der Waals surface area contributed by atoms with Crippen molar-refractivity contribution in [2.45, 2.75) is 32.4 Å². The maximum Gasteiger partial charge on any atom is 0.244 e. The molecule has 2 aromatic rings. The molecule has 0 aliphatic carbocycles. The van der Waals surface area contributed by atoms with Crippen LogP contribution in [0.5, 0.6) is 0 Å². The minimum absolute atomic E-state index is 0.169. The van der Waals surface area contributed by atoms with Gasteiger partial charge in [-0.1, -0.05) is 60.5 Å². The molecule has 2 aromatic carbocycles. The van der Waals surface area contributed by atoms with E-state index in [1.807, 2.05) is 37.3 Å². The summed E-state index contributed by atoms with van der Waals surface area (Å²) in [4.78, 5) is 12.9. The van der Waals surface area contributed by atoms with Crippen LogP contribution in [0.3, 0.4) is 0 Å². The molecule has 1 amide bonds. The Kier molecular flexibility index (Phi) is 7.14. The molecule has 2 rings (SSSR count). The maximum atomic E-state index is 12.9. The summed E-state index contributed by atoms with van der Waals surface area (Å²) in [6.45, 7) is 3.47. The highest BCUT2D eigenvalue weighted by Gasteiger charge is 2.31. The molecule has 27 heavy (non-hydrogen) atoms. The number of carbonyl (C=O) groups excluding carboxylic acids is 1. The minimum Gasteiger partial charge on any atom is -0.347 e. The van der Waals surface area contributed by atoms with E-state index in [0.29, 0.717) is 11.4 Å². The van der Waals surface area contributed by atoms with Crippen molar-refractivity contribution in [3.8, 4) is 0 Å². The molecule has 1 N–H and O–H groups in total. The Bertz CT molecular complexity index is 904. The van der Waals surface area contributed by atoms with Crippen LogP contribution in [0.1, 0.15) is 31.9 Å². The van der Waals surface area contributed by atoms with Crippen LogP contribution in [0.4, 0.5) is 5.69 Å². The fourth-order valence-corrected chi connectivity index (χ4v) is 4.44. The van der Waals surface area contributed by atoms with Gasteiger partial charge in [0.2, 0.25) is 15.9 Å². The Morgan fingerprint density at radius 1 is 1.15 bits per heavy atom. The Morgan fingerprint density at radius 3 is 2.33 bits per heavy atom. The van der Waals surface area contributed by atoms with Gasteiger partial charge in [0.1, 0.15) is 6.04 Å². The fourth-order valence-electron chi connectivity index (χ4n) is 2.83. The van der Waals surface area contributed by atoms with Gasteiger partial charge in [0, 0.05) is 5.02 Å². The van der Waals surface area contributed by atoms with E-state index in [1.165, 1.54) is 19.1 Å². The van der Waals surface area contributed by atoms with Crippen LogP contribution in [0, 0.1) is 0 Å². The van der Waals surface area contributed by atoms with Crippen molar-refractivity contribution in [3.63, 3.8) is 0 Å². The topological polar surface area (TPSA) is 66.5 Å². The molecule has 0 aliphatic heterocycles. The van der Waals surface area contributed by atoms with Crippen LogP contribution in [0.15, 0.2) is 48.5 Å². The first kappa shape index (κ1) is 21.5. The van der Waals surface area contributed by atoms with E-state index < -0.39 is 22.0 Å². The standard InChI is InChI=1S/C19H22Cl2N2O3S/c1-4-17(14-8-6-5-7-9-14)22-19(24)13(2)23(27(3,25)26)18-12-15(20)10-11-16(18)21/h5-13,17H,4H2,1-3H3,(H,22,24). The third-order valence-corrected chi connectivity index (χ3v) is 5.94. The van der Waals surface area contributed by atoms with Crippen LogP contribution in [-0.2, 0) is 14.8 Å². The van der Waals surface area contributed by atoms with Crippen molar-refractivity contribution in [3.05, 3.63) is 64.1 Å². The molecular weight excluding hydrogens is 407 g/mol. The molecule has 0 aromatic heterocycles. The van der Waals surface area contributed by atoms with E-state index in [4.69, 9.17) is 23.2 Å². The first-order valence-corrected chi connectivity index (χ1v) is 11.0. The Labute approximate surface area is 170 Å².